The lowest BCUT2D eigenvalue weighted by molar-refractivity contribution is 0.436. The Morgan fingerprint density at radius 3 is 1.54 bits per heavy atom. The lowest BCUT2D eigenvalue weighted by atomic mass is 9.66. The molecule has 56 heavy (non-hydrogen) atoms. The van der Waals surface area contributed by atoms with Gasteiger partial charge in [-0.05, 0) is 63.7 Å². The number of hydrogen-bond donors (Lipinski definition) is 0. The number of aromatic nitrogens is 3. The Labute approximate surface area is 325 Å². The van der Waals surface area contributed by atoms with Gasteiger partial charge >= 0.3 is 0 Å². The molecule has 11 rings (SSSR count). The van der Waals surface area contributed by atoms with E-state index in [0.717, 1.165) is 78.7 Å². The van der Waals surface area contributed by atoms with Crippen molar-refractivity contribution in [2.45, 2.75) is 5.41 Å². The number of ether oxygens (including phenoxy) is 1. The fraction of sp³-hybridized carbons (Fsp3) is 0.0192. The van der Waals surface area contributed by atoms with Crippen LogP contribution >= 0.6 is 0 Å². The van der Waals surface area contributed by atoms with E-state index in [-0.39, 0.29) is 0 Å². The van der Waals surface area contributed by atoms with E-state index < -0.39 is 5.41 Å². The summed E-state index contributed by atoms with van der Waals surface area (Å²) in [6, 6.07) is 68.2. The highest BCUT2D eigenvalue weighted by atomic mass is 16.5. The molecule has 4 heteroatoms. The van der Waals surface area contributed by atoms with Gasteiger partial charge in [-0.2, -0.15) is 0 Å². The average molecular weight is 716 g/mol. The van der Waals surface area contributed by atoms with Crippen LogP contribution in [0.15, 0.2) is 200 Å². The van der Waals surface area contributed by atoms with E-state index in [1.54, 1.807) is 0 Å². The predicted octanol–water partition coefficient (Wildman–Crippen LogP) is 12.7. The zero-order valence-electron chi connectivity index (χ0n) is 30.3. The van der Waals surface area contributed by atoms with Gasteiger partial charge in [0.15, 0.2) is 5.82 Å². The zero-order valence-corrected chi connectivity index (χ0v) is 30.3. The van der Waals surface area contributed by atoms with Crippen LogP contribution in [0.5, 0.6) is 11.5 Å². The summed E-state index contributed by atoms with van der Waals surface area (Å²) in [6.45, 7) is 0. The fourth-order valence-corrected chi connectivity index (χ4v) is 8.85. The van der Waals surface area contributed by atoms with Crippen LogP contribution in [0.2, 0.25) is 0 Å². The van der Waals surface area contributed by atoms with Crippen LogP contribution in [-0.2, 0) is 5.41 Å². The minimum Gasteiger partial charge on any atom is -0.457 e. The maximum atomic E-state index is 6.68. The van der Waals surface area contributed by atoms with E-state index in [1.165, 1.54) is 16.7 Å². The van der Waals surface area contributed by atoms with E-state index in [4.69, 9.17) is 14.7 Å². The molecule has 2 aliphatic rings. The molecule has 3 heterocycles. The number of fused-ring (bicyclic) bond motifs is 9. The molecule has 0 atom stereocenters. The van der Waals surface area contributed by atoms with Gasteiger partial charge in [0.2, 0.25) is 0 Å². The Morgan fingerprint density at radius 1 is 0.357 bits per heavy atom. The molecule has 0 saturated carbocycles. The van der Waals surface area contributed by atoms with Gasteiger partial charge in [0.05, 0.1) is 22.5 Å². The molecule has 9 aromatic rings. The third kappa shape index (κ3) is 4.89. The zero-order chi connectivity index (χ0) is 37.1. The summed E-state index contributed by atoms with van der Waals surface area (Å²) >= 11 is 0. The Balaban J connectivity index is 1.23. The van der Waals surface area contributed by atoms with Crippen molar-refractivity contribution in [1.82, 2.24) is 15.0 Å². The summed E-state index contributed by atoms with van der Waals surface area (Å²) in [5.41, 5.74) is 15.5. The van der Waals surface area contributed by atoms with Gasteiger partial charge in [-0.3, -0.25) is 4.98 Å². The van der Waals surface area contributed by atoms with Crippen LogP contribution in [0.4, 0.5) is 0 Å². The van der Waals surface area contributed by atoms with Crippen molar-refractivity contribution >= 4 is 0 Å². The van der Waals surface area contributed by atoms with Crippen molar-refractivity contribution in [3.8, 4) is 78.9 Å². The van der Waals surface area contributed by atoms with Crippen LogP contribution in [0.1, 0.15) is 22.3 Å². The van der Waals surface area contributed by atoms with Crippen LogP contribution in [0, 0.1) is 0 Å². The normalized spacial score (nSPS) is 12.9. The maximum Gasteiger partial charge on any atom is 0.160 e. The molecular weight excluding hydrogens is 683 g/mol. The molecule has 0 bridgehead atoms. The largest absolute Gasteiger partial charge is 0.457 e. The van der Waals surface area contributed by atoms with Crippen molar-refractivity contribution < 1.29 is 4.74 Å². The molecule has 0 unspecified atom stereocenters. The smallest absolute Gasteiger partial charge is 0.160 e. The first-order valence-electron chi connectivity index (χ1n) is 18.9. The molecule has 262 valence electrons. The van der Waals surface area contributed by atoms with Crippen LogP contribution in [0.25, 0.3) is 67.4 Å². The van der Waals surface area contributed by atoms with Gasteiger partial charge in [0.25, 0.3) is 0 Å². The van der Waals surface area contributed by atoms with E-state index in [2.05, 4.69) is 163 Å². The number of hydrogen-bond acceptors (Lipinski definition) is 4. The summed E-state index contributed by atoms with van der Waals surface area (Å²) in [4.78, 5) is 15.1. The lowest BCUT2D eigenvalue weighted by Gasteiger charge is -2.39. The monoisotopic (exact) mass is 715 g/mol. The molecule has 4 nitrogen and oxygen atoms in total. The minimum absolute atomic E-state index is 0.645. The van der Waals surface area contributed by atoms with Gasteiger partial charge in [-0.15, -0.1) is 0 Å². The van der Waals surface area contributed by atoms with E-state index in [9.17, 15) is 0 Å². The van der Waals surface area contributed by atoms with Gasteiger partial charge in [-0.25, -0.2) is 9.97 Å². The number of para-hydroxylation sites is 2. The Hall–Kier alpha value is -7.43. The van der Waals surface area contributed by atoms with Gasteiger partial charge < -0.3 is 4.74 Å². The summed E-state index contributed by atoms with van der Waals surface area (Å²) in [6.07, 6.45) is 1.84. The Kier molecular flexibility index (Phi) is 7.36. The number of benzene rings is 7. The second kappa shape index (κ2) is 12.9. The SMILES string of the molecule is c1ccc(-c2cc(-c3cccc4c3-c3c(-c5ccc(-c6ccccn6)cc5)cccc3C43c4ccccc4Oc4ccccc43)nc(-c3ccccc3)n2)cc1. The summed E-state index contributed by atoms with van der Waals surface area (Å²) in [7, 11) is 0. The number of pyridine rings is 1. The molecule has 0 radical (unpaired) electrons. The Morgan fingerprint density at radius 2 is 0.875 bits per heavy atom. The first-order valence-corrected chi connectivity index (χ1v) is 18.9. The van der Waals surface area contributed by atoms with Gasteiger partial charge in [0.1, 0.15) is 11.5 Å². The Bertz CT molecular complexity index is 2820. The molecule has 0 saturated heterocycles. The molecular formula is C52H33N3O. The van der Waals surface area contributed by atoms with Crippen molar-refractivity contribution in [3.63, 3.8) is 0 Å². The maximum absolute atomic E-state index is 6.68. The molecule has 2 aromatic heterocycles. The van der Waals surface area contributed by atoms with E-state index in [0.29, 0.717) is 5.82 Å². The van der Waals surface area contributed by atoms with E-state index in [1.807, 2.05) is 42.6 Å². The highest BCUT2D eigenvalue weighted by Crippen LogP contribution is 2.64. The number of nitrogens with zero attached hydrogens (tertiary/aromatic N) is 3. The second-order valence-electron chi connectivity index (χ2n) is 14.3. The van der Waals surface area contributed by atoms with Crippen molar-refractivity contribution in [2.75, 3.05) is 0 Å². The van der Waals surface area contributed by atoms with Crippen LogP contribution in [-0.4, -0.2) is 15.0 Å². The first-order chi connectivity index (χ1) is 27.8. The highest BCUT2D eigenvalue weighted by Gasteiger charge is 2.52. The molecule has 0 amide bonds. The lowest BCUT2D eigenvalue weighted by Crippen LogP contribution is -2.32. The number of rotatable bonds is 5. The summed E-state index contributed by atoms with van der Waals surface area (Å²) < 4.78 is 6.68. The topological polar surface area (TPSA) is 47.9 Å². The van der Waals surface area contributed by atoms with Crippen molar-refractivity contribution in [3.05, 3.63) is 223 Å². The fourth-order valence-electron chi connectivity index (χ4n) is 8.85. The molecule has 1 aliphatic heterocycles. The quantitative estimate of drug-likeness (QED) is 0.178. The average Bonchev–Trinajstić information content (AvgIpc) is 3.58. The third-order valence-corrected chi connectivity index (χ3v) is 11.2. The molecule has 0 N–H and O–H groups in total. The predicted molar refractivity (Wildman–Crippen MR) is 224 cm³/mol. The highest BCUT2D eigenvalue weighted by molar-refractivity contribution is 6.02. The molecule has 1 spiro atoms. The standard InChI is InChI=1S/C52H33N3O/c1-3-15-35(16-4-1)45-33-46(55-51(54-45)37-17-5-2-6-18-37)39-20-14-24-43-50(39)49-38(34-28-30-36(31-29-34)44-25-11-12-32-53-44)19-13-23-42(49)52(43)40-21-7-9-26-47(40)56-48-27-10-8-22-41(48)52/h1-33H. The molecule has 1 aliphatic carbocycles. The molecule has 7 aromatic carbocycles. The van der Waals surface area contributed by atoms with Crippen LogP contribution < -0.4 is 4.74 Å². The summed E-state index contributed by atoms with van der Waals surface area (Å²) in [5.74, 6) is 2.41. The first kappa shape index (κ1) is 32.0. The third-order valence-electron chi connectivity index (χ3n) is 11.2. The second-order valence-corrected chi connectivity index (χ2v) is 14.3. The molecule has 0 fully saturated rings. The van der Waals surface area contributed by atoms with Crippen molar-refractivity contribution in [2.24, 2.45) is 0 Å². The van der Waals surface area contributed by atoms with E-state index >= 15 is 0 Å². The summed E-state index contributed by atoms with van der Waals surface area (Å²) in [5, 5.41) is 0. The van der Waals surface area contributed by atoms with Crippen molar-refractivity contribution in [1.29, 1.82) is 0 Å². The van der Waals surface area contributed by atoms with Gasteiger partial charge in [0, 0.05) is 39.6 Å². The van der Waals surface area contributed by atoms with Gasteiger partial charge in [-0.1, -0.05) is 164 Å². The van der Waals surface area contributed by atoms with Crippen LogP contribution in [0.3, 0.4) is 0 Å². The minimum atomic E-state index is -0.645.